The van der Waals surface area contributed by atoms with E-state index in [4.69, 9.17) is 15.4 Å². The van der Waals surface area contributed by atoms with E-state index in [1.165, 1.54) is 0 Å². The normalized spacial score (nSPS) is 11.2. The SMILES string of the molecule is CCOc1cc([N+](=O)[O-])c(Br)c(S(=O)(=O)Cl)c1. The van der Waals surface area contributed by atoms with Gasteiger partial charge < -0.3 is 4.74 Å². The molecule has 6 nitrogen and oxygen atoms in total. The van der Waals surface area contributed by atoms with Crippen LogP contribution in [0.25, 0.3) is 0 Å². The van der Waals surface area contributed by atoms with Crippen molar-refractivity contribution >= 4 is 41.4 Å². The zero-order valence-electron chi connectivity index (χ0n) is 8.51. The van der Waals surface area contributed by atoms with Crippen molar-refractivity contribution in [2.45, 2.75) is 11.8 Å². The van der Waals surface area contributed by atoms with Crippen molar-refractivity contribution in [3.8, 4) is 5.75 Å². The molecule has 1 aromatic rings. The van der Waals surface area contributed by atoms with Crippen molar-refractivity contribution < 1.29 is 18.1 Å². The number of rotatable bonds is 4. The lowest BCUT2D eigenvalue weighted by atomic mass is 10.3. The summed E-state index contributed by atoms with van der Waals surface area (Å²) in [6, 6.07) is 2.25. The number of nitro benzene ring substituents is 1. The molecule has 0 atom stereocenters. The number of hydrogen-bond acceptors (Lipinski definition) is 5. The fourth-order valence-corrected chi connectivity index (χ4v) is 3.35. The highest BCUT2D eigenvalue weighted by Gasteiger charge is 2.25. The first-order chi connectivity index (χ1) is 7.77. The van der Waals surface area contributed by atoms with Gasteiger partial charge in [0.05, 0.1) is 17.6 Å². The summed E-state index contributed by atoms with van der Waals surface area (Å²) in [7, 11) is 1.09. The molecule has 0 aromatic heterocycles. The molecular formula is C8H7BrClNO5S. The van der Waals surface area contributed by atoms with Crippen LogP contribution >= 0.6 is 26.6 Å². The number of nitrogens with zero attached hydrogens (tertiary/aromatic N) is 1. The van der Waals surface area contributed by atoms with E-state index < -0.39 is 24.6 Å². The molecule has 0 saturated carbocycles. The Labute approximate surface area is 110 Å². The second kappa shape index (κ2) is 5.19. The van der Waals surface area contributed by atoms with E-state index in [0.29, 0.717) is 0 Å². The maximum absolute atomic E-state index is 11.2. The van der Waals surface area contributed by atoms with E-state index in [1.54, 1.807) is 6.92 Å². The molecule has 0 spiro atoms. The molecule has 0 aliphatic rings. The van der Waals surface area contributed by atoms with Crippen LogP contribution in [0.3, 0.4) is 0 Å². The number of hydrogen-bond donors (Lipinski definition) is 0. The van der Waals surface area contributed by atoms with Crippen LogP contribution in [-0.2, 0) is 9.05 Å². The summed E-state index contributed by atoms with van der Waals surface area (Å²) in [4.78, 5) is 9.62. The molecule has 0 unspecified atom stereocenters. The van der Waals surface area contributed by atoms with E-state index >= 15 is 0 Å². The first-order valence-corrected chi connectivity index (χ1v) is 7.43. The molecule has 94 valence electrons. The van der Waals surface area contributed by atoms with Gasteiger partial charge >= 0.3 is 0 Å². The van der Waals surface area contributed by atoms with Gasteiger partial charge in [-0.1, -0.05) is 0 Å². The predicted molar refractivity (Wildman–Crippen MR) is 65.0 cm³/mol. The van der Waals surface area contributed by atoms with Crippen LogP contribution in [0.15, 0.2) is 21.5 Å². The summed E-state index contributed by atoms with van der Waals surface area (Å²) in [5, 5.41) is 10.7. The fraction of sp³-hybridized carbons (Fsp3) is 0.250. The van der Waals surface area contributed by atoms with Crippen LogP contribution in [0, 0.1) is 10.1 Å². The molecule has 0 bridgehead atoms. The second-order valence-electron chi connectivity index (χ2n) is 2.88. The molecule has 9 heteroatoms. The molecule has 0 saturated heterocycles. The summed E-state index contributed by atoms with van der Waals surface area (Å²) < 4.78 is 27.3. The van der Waals surface area contributed by atoms with Gasteiger partial charge in [-0.05, 0) is 22.9 Å². The summed E-state index contributed by atoms with van der Waals surface area (Å²) >= 11 is 2.84. The monoisotopic (exact) mass is 343 g/mol. The third kappa shape index (κ3) is 3.30. The molecule has 0 heterocycles. The molecule has 0 fully saturated rings. The maximum atomic E-state index is 11.2. The van der Waals surface area contributed by atoms with Crippen molar-refractivity contribution in [2.24, 2.45) is 0 Å². The number of halogens is 2. The number of benzene rings is 1. The van der Waals surface area contributed by atoms with Crippen LogP contribution in [0.5, 0.6) is 5.75 Å². The van der Waals surface area contributed by atoms with Gasteiger partial charge in [-0.2, -0.15) is 0 Å². The average molecular weight is 345 g/mol. The summed E-state index contributed by atoms with van der Waals surface area (Å²) in [5.74, 6) is 0.0709. The van der Waals surface area contributed by atoms with Crippen LogP contribution in [-0.4, -0.2) is 19.9 Å². The molecule has 0 radical (unpaired) electrons. The number of nitro groups is 1. The van der Waals surface area contributed by atoms with Crippen molar-refractivity contribution in [2.75, 3.05) is 6.61 Å². The van der Waals surface area contributed by atoms with Gasteiger partial charge in [-0.3, -0.25) is 10.1 Å². The predicted octanol–water partition coefficient (Wildman–Crippen LogP) is 2.68. The lowest BCUT2D eigenvalue weighted by molar-refractivity contribution is -0.386. The smallest absolute Gasteiger partial charge is 0.288 e. The Hall–Kier alpha value is -0.860. The summed E-state index contributed by atoms with van der Waals surface area (Å²) in [5.41, 5.74) is -0.421. The third-order valence-corrected chi connectivity index (χ3v) is 4.21. The molecule has 1 aromatic carbocycles. The maximum Gasteiger partial charge on any atom is 0.288 e. The molecule has 0 aliphatic carbocycles. The first kappa shape index (κ1) is 14.2. The molecule has 1 rings (SSSR count). The number of ether oxygens (including phenoxy) is 1. The highest BCUT2D eigenvalue weighted by atomic mass is 79.9. The van der Waals surface area contributed by atoms with Crippen LogP contribution < -0.4 is 4.74 Å². The Morgan fingerprint density at radius 3 is 2.53 bits per heavy atom. The van der Waals surface area contributed by atoms with E-state index in [1.807, 2.05) is 0 Å². The van der Waals surface area contributed by atoms with Gasteiger partial charge in [-0.15, -0.1) is 0 Å². The Kier molecular flexibility index (Phi) is 4.34. The zero-order chi connectivity index (χ0) is 13.2. The first-order valence-electron chi connectivity index (χ1n) is 4.32. The second-order valence-corrected chi connectivity index (χ2v) is 6.21. The minimum Gasteiger partial charge on any atom is -0.494 e. The van der Waals surface area contributed by atoms with Gasteiger partial charge in [0.25, 0.3) is 14.7 Å². The van der Waals surface area contributed by atoms with Crippen molar-refractivity contribution in [3.63, 3.8) is 0 Å². The Balaban J connectivity index is 3.55. The Bertz CT molecular complexity index is 559. The standard InChI is InChI=1S/C8H7BrClNO5S/c1-2-16-5-3-6(11(12)13)8(9)7(4-5)17(10,14)15/h3-4H,2H2,1H3. The lowest BCUT2D eigenvalue weighted by Crippen LogP contribution is -2.00. The van der Waals surface area contributed by atoms with Gasteiger partial charge in [0.2, 0.25) is 0 Å². The van der Waals surface area contributed by atoms with Gasteiger partial charge in [-0.25, -0.2) is 8.42 Å². The highest BCUT2D eigenvalue weighted by molar-refractivity contribution is 9.10. The zero-order valence-corrected chi connectivity index (χ0v) is 11.7. The molecule has 0 N–H and O–H groups in total. The Morgan fingerprint density at radius 2 is 2.12 bits per heavy atom. The van der Waals surface area contributed by atoms with Crippen LogP contribution in [0.2, 0.25) is 0 Å². The highest BCUT2D eigenvalue weighted by Crippen LogP contribution is 2.37. The minimum absolute atomic E-state index is 0.0709. The molecule has 0 amide bonds. The lowest BCUT2D eigenvalue weighted by Gasteiger charge is -2.07. The van der Waals surface area contributed by atoms with Crippen molar-refractivity contribution in [3.05, 3.63) is 26.7 Å². The van der Waals surface area contributed by atoms with Gasteiger partial charge in [0.1, 0.15) is 15.1 Å². The van der Waals surface area contributed by atoms with E-state index in [-0.39, 0.29) is 16.8 Å². The molecule has 17 heavy (non-hydrogen) atoms. The topological polar surface area (TPSA) is 86.5 Å². The van der Waals surface area contributed by atoms with Gasteiger partial charge in [0, 0.05) is 16.7 Å². The fourth-order valence-electron chi connectivity index (χ4n) is 1.12. The average Bonchev–Trinajstić information content (AvgIpc) is 2.18. The molecule has 0 aliphatic heterocycles. The van der Waals surface area contributed by atoms with Crippen molar-refractivity contribution in [1.29, 1.82) is 0 Å². The van der Waals surface area contributed by atoms with Crippen LogP contribution in [0.1, 0.15) is 6.92 Å². The third-order valence-electron chi connectivity index (χ3n) is 1.76. The minimum atomic E-state index is -4.09. The Morgan fingerprint density at radius 1 is 1.53 bits per heavy atom. The quantitative estimate of drug-likeness (QED) is 0.476. The van der Waals surface area contributed by atoms with Crippen LogP contribution in [0.4, 0.5) is 5.69 Å². The van der Waals surface area contributed by atoms with E-state index in [9.17, 15) is 18.5 Å². The van der Waals surface area contributed by atoms with Gasteiger partial charge in [0.15, 0.2) is 0 Å². The summed E-state index contributed by atoms with van der Waals surface area (Å²) in [6.45, 7) is 1.92. The largest absolute Gasteiger partial charge is 0.494 e. The summed E-state index contributed by atoms with van der Waals surface area (Å²) in [6.07, 6.45) is 0. The van der Waals surface area contributed by atoms with Crippen molar-refractivity contribution in [1.82, 2.24) is 0 Å². The molecular weight excluding hydrogens is 338 g/mol. The van der Waals surface area contributed by atoms with E-state index in [0.717, 1.165) is 12.1 Å². The van der Waals surface area contributed by atoms with E-state index in [2.05, 4.69) is 15.9 Å².